The summed E-state index contributed by atoms with van der Waals surface area (Å²) < 4.78 is 0. The van der Waals surface area contributed by atoms with Crippen molar-refractivity contribution in [1.29, 1.82) is 0 Å². The number of hydrogen-bond donors (Lipinski definition) is 2. The molecule has 0 spiro atoms. The van der Waals surface area contributed by atoms with Gasteiger partial charge in [0.2, 0.25) is 0 Å². The maximum atomic E-state index is 9.71. The van der Waals surface area contributed by atoms with Gasteiger partial charge in [-0.1, -0.05) is 18.2 Å². The average molecular weight is 205 g/mol. The zero-order chi connectivity index (χ0) is 10.9. The molecule has 2 heteroatoms. The maximum absolute atomic E-state index is 9.71. The minimum absolute atomic E-state index is 0.568. The molecule has 0 amide bonds. The first-order valence-electron chi connectivity index (χ1n) is 5.63. The summed E-state index contributed by atoms with van der Waals surface area (Å²) in [6, 6.07) is 6.46. The standard InChI is InChI=1S/C13H19NO/c1-13(2,15)8-6-10-4-3-5-11-7-9-14-12(10)11/h3-5,14-15H,6-9H2,1-2H3. The summed E-state index contributed by atoms with van der Waals surface area (Å²) >= 11 is 0. The lowest BCUT2D eigenvalue weighted by molar-refractivity contribution is 0.0714. The van der Waals surface area contributed by atoms with E-state index in [0.29, 0.717) is 0 Å². The van der Waals surface area contributed by atoms with Crippen molar-refractivity contribution in [1.82, 2.24) is 0 Å². The average Bonchev–Trinajstić information content (AvgIpc) is 2.61. The number of benzene rings is 1. The smallest absolute Gasteiger partial charge is 0.0595 e. The third-order valence-corrected chi connectivity index (χ3v) is 2.94. The van der Waals surface area contributed by atoms with Crippen LogP contribution in [0.5, 0.6) is 0 Å². The summed E-state index contributed by atoms with van der Waals surface area (Å²) in [7, 11) is 0. The van der Waals surface area contributed by atoms with Crippen molar-refractivity contribution in [2.45, 2.75) is 38.7 Å². The van der Waals surface area contributed by atoms with Crippen LogP contribution in [0.4, 0.5) is 5.69 Å². The van der Waals surface area contributed by atoms with Gasteiger partial charge < -0.3 is 10.4 Å². The summed E-state index contributed by atoms with van der Waals surface area (Å²) in [5, 5.41) is 13.1. The number of fused-ring (bicyclic) bond motifs is 1. The molecule has 0 saturated heterocycles. The molecular weight excluding hydrogens is 186 g/mol. The Kier molecular flexibility index (Phi) is 2.70. The molecule has 0 bridgehead atoms. The summed E-state index contributed by atoms with van der Waals surface area (Å²) in [5.74, 6) is 0. The molecule has 0 atom stereocenters. The highest BCUT2D eigenvalue weighted by molar-refractivity contribution is 5.61. The van der Waals surface area contributed by atoms with Gasteiger partial charge in [-0.25, -0.2) is 0 Å². The lowest BCUT2D eigenvalue weighted by Crippen LogP contribution is -2.19. The number of rotatable bonds is 3. The Balaban J connectivity index is 2.12. The highest BCUT2D eigenvalue weighted by Crippen LogP contribution is 2.28. The number of nitrogens with one attached hydrogen (secondary N) is 1. The van der Waals surface area contributed by atoms with Crippen LogP contribution >= 0.6 is 0 Å². The van der Waals surface area contributed by atoms with Crippen molar-refractivity contribution in [3.63, 3.8) is 0 Å². The molecule has 1 heterocycles. The van der Waals surface area contributed by atoms with Crippen LogP contribution in [0.25, 0.3) is 0 Å². The normalized spacial score (nSPS) is 14.9. The Morgan fingerprint density at radius 1 is 1.40 bits per heavy atom. The molecule has 0 fully saturated rings. The molecule has 0 radical (unpaired) electrons. The molecule has 82 valence electrons. The molecule has 0 saturated carbocycles. The van der Waals surface area contributed by atoms with Crippen LogP contribution in [0.2, 0.25) is 0 Å². The topological polar surface area (TPSA) is 32.3 Å². The third kappa shape index (κ3) is 2.51. The fourth-order valence-electron chi connectivity index (χ4n) is 2.06. The third-order valence-electron chi connectivity index (χ3n) is 2.94. The summed E-state index contributed by atoms with van der Waals surface area (Å²) in [6.07, 6.45) is 2.89. The predicted octanol–water partition coefficient (Wildman–Crippen LogP) is 2.36. The molecule has 0 unspecified atom stereocenters. The van der Waals surface area contributed by atoms with E-state index in [9.17, 15) is 5.11 Å². The van der Waals surface area contributed by atoms with Gasteiger partial charge in [0.05, 0.1) is 5.60 Å². The number of hydrogen-bond acceptors (Lipinski definition) is 2. The van der Waals surface area contributed by atoms with E-state index in [2.05, 4.69) is 23.5 Å². The molecule has 2 nitrogen and oxygen atoms in total. The van der Waals surface area contributed by atoms with Crippen LogP contribution in [0.3, 0.4) is 0 Å². The second kappa shape index (κ2) is 3.86. The zero-order valence-corrected chi connectivity index (χ0v) is 9.51. The fourth-order valence-corrected chi connectivity index (χ4v) is 2.06. The zero-order valence-electron chi connectivity index (χ0n) is 9.51. The van der Waals surface area contributed by atoms with E-state index in [4.69, 9.17) is 0 Å². The van der Waals surface area contributed by atoms with Crippen molar-refractivity contribution in [2.24, 2.45) is 0 Å². The first-order valence-corrected chi connectivity index (χ1v) is 5.63. The highest BCUT2D eigenvalue weighted by Gasteiger charge is 2.17. The van der Waals surface area contributed by atoms with E-state index in [0.717, 1.165) is 25.8 Å². The lowest BCUT2D eigenvalue weighted by Gasteiger charge is -2.17. The minimum atomic E-state index is -0.568. The van der Waals surface area contributed by atoms with Gasteiger partial charge in [-0.15, -0.1) is 0 Å². The van der Waals surface area contributed by atoms with Gasteiger partial charge in [-0.2, -0.15) is 0 Å². The Labute approximate surface area is 91.3 Å². The van der Waals surface area contributed by atoms with Crippen LogP contribution in [-0.2, 0) is 12.8 Å². The Hall–Kier alpha value is -1.02. The molecule has 1 aliphatic heterocycles. The van der Waals surface area contributed by atoms with Crippen molar-refractivity contribution in [3.05, 3.63) is 29.3 Å². The molecule has 2 rings (SSSR count). The van der Waals surface area contributed by atoms with E-state index < -0.39 is 5.60 Å². The van der Waals surface area contributed by atoms with Gasteiger partial charge in [-0.3, -0.25) is 0 Å². The SMILES string of the molecule is CC(C)(O)CCc1cccc2c1NCC2. The second-order valence-corrected chi connectivity index (χ2v) is 4.94. The van der Waals surface area contributed by atoms with Crippen LogP contribution in [0, 0.1) is 0 Å². The lowest BCUT2D eigenvalue weighted by atomic mass is 9.96. The monoisotopic (exact) mass is 205 g/mol. The molecule has 0 aliphatic carbocycles. The molecular formula is C13H19NO. The largest absolute Gasteiger partial charge is 0.390 e. The first kappa shape index (κ1) is 10.5. The highest BCUT2D eigenvalue weighted by atomic mass is 16.3. The van der Waals surface area contributed by atoms with Crippen molar-refractivity contribution in [3.8, 4) is 0 Å². The number of para-hydroxylation sites is 1. The molecule has 15 heavy (non-hydrogen) atoms. The van der Waals surface area contributed by atoms with E-state index in [-0.39, 0.29) is 0 Å². The van der Waals surface area contributed by atoms with Crippen LogP contribution < -0.4 is 5.32 Å². The van der Waals surface area contributed by atoms with Gasteiger partial charge in [0, 0.05) is 12.2 Å². The van der Waals surface area contributed by atoms with E-state index >= 15 is 0 Å². The molecule has 2 N–H and O–H groups in total. The minimum Gasteiger partial charge on any atom is -0.390 e. The van der Waals surface area contributed by atoms with Crippen LogP contribution in [0.15, 0.2) is 18.2 Å². The number of anilines is 1. The Bertz CT molecular complexity index is 352. The van der Waals surface area contributed by atoms with Crippen molar-refractivity contribution >= 4 is 5.69 Å². The molecule has 1 aromatic carbocycles. The maximum Gasteiger partial charge on any atom is 0.0595 e. The quantitative estimate of drug-likeness (QED) is 0.794. The number of aliphatic hydroxyl groups is 1. The molecule has 1 aromatic rings. The van der Waals surface area contributed by atoms with Crippen LogP contribution in [-0.4, -0.2) is 17.3 Å². The van der Waals surface area contributed by atoms with E-state index in [1.807, 2.05) is 13.8 Å². The summed E-state index contributed by atoms with van der Waals surface area (Å²) in [5.41, 5.74) is 3.50. The Morgan fingerprint density at radius 3 is 2.93 bits per heavy atom. The summed E-state index contributed by atoms with van der Waals surface area (Å²) in [6.45, 7) is 4.78. The fraction of sp³-hybridized carbons (Fsp3) is 0.538. The van der Waals surface area contributed by atoms with Gasteiger partial charge in [0.25, 0.3) is 0 Å². The molecule has 0 aromatic heterocycles. The van der Waals surface area contributed by atoms with Crippen LogP contribution in [0.1, 0.15) is 31.4 Å². The molecule has 1 aliphatic rings. The Morgan fingerprint density at radius 2 is 2.20 bits per heavy atom. The second-order valence-electron chi connectivity index (χ2n) is 4.94. The van der Waals surface area contributed by atoms with Crippen molar-refractivity contribution in [2.75, 3.05) is 11.9 Å². The van der Waals surface area contributed by atoms with Gasteiger partial charge in [0.1, 0.15) is 0 Å². The van der Waals surface area contributed by atoms with E-state index in [1.54, 1.807) is 0 Å². The van der Waals surface area contributed by atoms with E-state index in [1.165, 1.54) is 16.8 Å². The predicted molar refractivity (Wildman–Crippen MR) is 63.3 cm³/mol. The number of aryl methyl sites for hydroxylation is 1. The van der Waals surface area contributed by atoms with Gasteiger partial charge >= 0.3 is 0 Å². The first-order chi connectivity index (χ1) is 7.06. The van der Waals surface area contributed by atoms with Gasteiger partial charge in [0.15, 0.2) is 0 Å². The van der Waals surface area contributed by atoms with Gasteiger partial charge in [-0.05, 0) is 44.2 Å². The summed E-state index contributed by atoms with van der Waals surface area (Å²) in [4.78, 5) is 0. The van der Waals surface area contributed by atoms with Crippen molar-refractivity contribution < 1.29 is 5.11 Å².